The number of allylic oxidation sites excluding steroid dienone is 3. The molecule has 0 fully saturated rings. The normalized spacial score (nSPS) is 11.3. The van der Waals surface area contributed by atoms with E-state index < -0.39 is 0 Å². The molecule has 0 bridgehead atoms. The standard InChI is InChI=1S/C34H37NO4/c1-25(2)12-11-13-26(3)20-21-37-33-32(39-24-28-16-9-6-10-17-28)30-19-18-29(22-31(30)35(4)34(33)36)38-23-27-14-7-5-8-15-27/h5-10,12,14-20,22H,11,13,21,23-24H2,1-4H3/b26-20+. The summed E-state index contributed by atoms with van der Waals surface area (Å²) >= 11 is 0. The van der Waals surface area contributed by atoms with Gasteiger partial charge < -0.3 is 18.8 Å². The van der Waals surface area contributed by atoms with Crippen LogP contribution in [0.15, 0.2) is 107 Å². The van der Waals surface area contributed by atoms with Gasteiger partial charge in [0.1, 0.15) is 25.6 Å². The summed E-state index contributed by atoms with van der Waals surface area (Å²) in [7, 11) is 1.75. The molecule has 0 aliphatic rings. The van der Waals surface area contributed by atoms with Crippen LogP contribution in [-0.2, 0) is 20.3 Å². The highest BCUT2D eigenvalue weighted by molar-refractivity contribution is 5.89. The third-order valence-corrected chi connectivity index (χ3v) is 6.51. The maximum atomic E-state index is 13.5. The van der Waals surface area contributed by atoms with E-state index in [0.29, 0.717) is 31.3 Å². The van der Waals surface area contributed by atoms with E-state index in [0.717, 1.165) is 34.9 Å². The molecule has 0 aliphatic heterocycles. The molecule has 0 saturated heterocycles. The minimum absolute atomic E-state index is 0.215. The van der Waals surface area contributed by atoms with E-state index in [1.807, 2.05) is 84.9 Å². The predicted octanol–water partition coefficient (Wildman–Crippen LogP) is 7.77. The van der Waals surface area contributed by atoms with E-state index in [1.54, 1.807) is 11.6 Å². The van der Waals surface area contributed by atoms with Crippen molar-refractivity contribution in [2.75, 3.05) is 6.61 Å². The van der Waals surface area contributed by atoms with E-state index in [9.17, 15) is 4.79 Å². The number of aryl methyl sites for hydroxylation is 1. The van der Waals surface area contributed by atoms with Crippen molar-refractivity contribution in [3.05, 3.63) is 124 Å². The molecule has 0 spiro atoms. The zero-order valence-corrected chi connectivity index (χ0v) is 23.3. The van der Waals surface area contributed by atoms with Gasteiger partial charge in [0, 0.05) is 18.5 Å². The van der Waals surface area contributed by atoms with E-state index in [4.69, 9.17) is 14.2 Å². The summed E-state index contributed by atoms with van der Waals surface area (Å²) in [4.78, 5) is 13.5. The van der Waals surface area contributed by atoms with Crippen molar-refractivity contribution in [3.8, 4) is 17.2 Å². The van der Waals surface area contributed by atoms with Crippen molar-refractivity contribution in [2.24, 2.45) is 7.05 Å². The maximum absolute atomic E-state index is 13.5. The lowest BCUT2D eigenvalue weighted by atomic mass is 10.1. The number of hydrogen-bond donors (Lipinski definition) is 0. The fourth-order valence-electron chi connectivity index (χ4n) is 4.25. The Morgan fingerprint density at radius 3 is 2.05 bits per heavy atom. The fourth-order valence-corrected chi connectivity index (χ4v) is 4.25. The lowest BCUT2D eigenvalue weighted by Gasteiger charge is -2.17. The van der Waals surface area contributed by atoms with Crippen molar-refractivity contribution in [3.63, 3.8) is 0 Å². The average Bonchev–Trinajstić information content (AvgIpc) is 2.95. The zero-order chi connectivity index (χ0) is 27.6. The van der Waals surface area contributed by atoms with Gasteiger partial charge in [0.2, 0.25) is 5.75 Å². The number of benzene rings is 3. The number of aromatic nitrogens is 1. The molecule has 0 amide bonds. The SMILES string of the molecule is CC(C)=CCC/C(C)=C/COc1c(OCc2ccccc2)c2ccc(OCc3ccccc3)cc2n(C)c1=O. The molecular weight excluding hydrogens is 486 g/mol. The highest BCUT2D eigenvalue weighted by Gasteiger charge is 2.19. The average molecular weight is 524 g/mol. The van der Waals surface area contributed by atoms with Gasteiger partial charge >= 0.3 is 0 Å². The van der Waals surface area contributed by atoms with Crippen molar-refractivity contribution >= 4 is 10.9 Å². The molecule has 4 rings (SSSR count). The summed E-state index contributed by atoms with van der Waals surface area (Å²) in [6.45, 7) is 7.35. The minimum atomic E-state index is -0.249. The highest BCUT2D eigenvalue weighted by Crippen LogP contribution is 2.35. The minimum Gasteiger partial charge on any atom is -0.489 e. The Morgan fingerprint density at radius 1 is 0.769 bits per heavy atom. The molecule has 4 aromatic rings. The van der Waals surface area contributed by atoms with Crippen molar-refractivity contribution in [1.82, 2.24) is 4.57 Å². The van der Waals surface area contributed by atoms with Crippen LogP contribution in [0.5, 0.6) is 17.2 Å². The van der Waals surface area contributed by atoms with Gasteiger partial charge in [-0.3, -0.25) is 4.79 Å². The Labute approximate surface area is 231 Å². The molecule has 5 heteroatoms. The first-order valence-electron chi connectivity index (χ1n) is 13.3. The Hall–Kier alpha value is -4.25. The van der Waals surface area contributed by atoms with Gasteiger partial charge in [0.15, 0.2) is 5.75 Å². The molecule has 0 aliphatic carbocycles. The molecule has 0 radical (unpaired) electrons. The number of hydrogen-bond acceptors (Lipinski definition) is 4. The van der Waals surface area contributed by atoms with Crippen LogP contribution in [0, 0.1) is 0 Å². The van der Waals surface area contributed by atoms with Gasteiger partial charge in [-0.05, 0) is 62.9 Å². The number of pyridine rings is 1. The molecule has 1 aromatic heterocycles. The fraction of sp³-hybridized carbons (Fsp3) is 0.265. The first-order chi connectivity index (χ1) is 18.9. The van der Waals surface area contributed by atoms with Crippen molar-refractivity contribution in [1.29, 1.82) is 0 Å². The van der Waals surface area contributed by atoms with Crippen LogP contribution in [0.25, 0.3) is 10.9 Å². The molecule has 5 nitrogen and oxygen atoms in total. The van der Waals surface area contributed by atoms with Gasteiger partial charge in [-0.25, -0.2) is 0 Å². The monoisotopic (exact) mass is 523 g/mol. The van der Waals surface area contributed by atoms with E-state index in [1.165, 1.54) is 11.1 Å². The van der Waals surface area contributed by atoms with Crippen LogP contribution < -0.4 is 19.8 Å². The molecule has 39 heavy (non-hydrogen) atoms. The third kappa shape index (κ3) is 7.64. The quantitative estimate of drug-likeness (QED) is 0.178. The second-order valence-corrected chi connectivity index (χ2v) is 9.93. The summed E-state index contributed by atoms with van der Waals surface area (Å²) in [5.41, 5.74) is 5.09. The van der Waals surface area contributed by atoms with E-state index >= 15 is 0 Å². The smallest absolute Gasteiger partial charge is 0.297 e. The van der Waals surface area contributed by atoms with Crippen molar-refractivity contribution < 1.29 is 14.2 Å². The predicted molar refractivity (Wildman–Crippen MR) is 159 cm³/mol. The molecule has 0 atom stereocenters. The highest BCUT2D eigenvalue weighted by atomic mass is 16.5. The lowest BCUT2D eigenvalue weighted by Crippen LogP contribution is -2.21. The van der Waals surface area contributed by atoms with Gasteiger partial charge in [-0.2, -0.15) is 0 Å². The first-order valence-corrected chi connectivity index (χ1v) is 13.3. The second-order valence-electron chi connectivity index (χ2n) is 9.93. The Balaban J connectivity index is 1.63. The van der Waals surface area contributed by atoms with E-state index in [2.05, 4.69) is 26.8 Å². The second kappa shape index (κ2) is 13.5. The van der Waals surface area contributed by atoms with Crippen LogP contribution in [0.4, 0.5) is 0 Å². The Bertz CT molecular complexity index is 1500. The van der Waals surface area contributed by atoms with Crippen LogP contribution in [0.2, 0.25) is 0 Å². The molecule has 0 saturated carbocycles. The molecule has 0 unspecified atom stereocenters. The number of fused-ring (bicyclic) bond motifs is 1. The van der Waals surface area contributed by atoms with Crippen LogP contribution >= 0.6 is 0 Å². The maximum Gasteiger partial charge on any atom is 0.297 e. The Morgan fingerprint density at radius 2 is 1.41 bits per heavy atom. The molecule has 202 valence electrons. The Kier molecular flexibility index (Phi) is 9.63. The first kappa shape index (κ1) is 27.8. The number of ether oxygens (including phenoxy) is 3. The summed E-state index contributed by atoms with van der Waals surface area (Å²) in [5, 5.41) is 0.791. The number of nitrogens with zero attached hydrogens (tertiary/aromatic N) is 1. The van der Waals surface area contributed by atoms with Gasteiger partial charge in [-0.15, -0.1) is 0 Å². The summed E-state index contributed by atoms with van der Waals surface area (Å²) < 4.78 is 20.0. The lowest BCUT2D eigenvalue weighted by molar-refractivity contribution is 0.275. The van der Waals surface area contributed by atoms with Gasteiger partial charge in [0.05, 0.1) is 5.52 Å². The van der Waals surface area contributed by atoms with Crippen LogP contribution in [-0.4, -0.2) is 11.2 Å². The summed E-state index contributed by atoms with van der Waals surface area (Å²) in [6, 6.07) is 25.6. The third-order valence-electron chi connectivity index (χ3n) is 6.51. The molecule has 1 heterocycles. The van der Waals surface area contributed by atoms with E-state index in [-0.39, 0.29) is 11.3 Å². The van der Waals surface area contributed by atoms with Crippen molar-refractivity contribution in [2.45, 2.75) is 46.8 Å². The van der Waals surface area contributed by atoms with Crippen LogP contribution in [0.1, 0.15) is 44.7 Å². The molecule has 3 aromatic carbocycles. The van der Waals surface area contributed by atoms with Gasteiger partial charge in [-0.1, -0.05) is 77.9 Å². The topological polar surface area (TPSA) is 49.7 Å². The molecular formula is C34H37NO4. The van der Waals surface area contributed by atoms with Crippen LogP contribution in [0.3, 0.4) is 0 Å². The van der Waals surface area contributed by atoms with Gasteiger partial charge in [0.25, 0.3) is 5.56 Å². The zero-order valence-electron chi connectivity index (χ0n) is 23.3. The summed E-state index contributed by atoms with van der Waals surface area (Å²) in [6.07, 6.45) is 6.20. The summed E-state index contributed by atoms with van der Waals surface area (Å²) in [5.74, 6) is 1.34. The molecule has 0 N–H and O–H groups in total. The number of rotatable bonds is 12. The largest absolute Gasteiger partial charge is 0.489 e.